The van der Waals surface area contributed by atoms with Gasteiger partial charge in [-0.2, -0.15) is 0 Å². The number of aryl methyl sites for hydroxylation is 1. The number of nitrogens with zero attached hydrogens (tertiary/aromatic N) is 2. The Balaban J connectivity index is 1.79. The average Bonchev–Trinajstić information content (AvgIpc) is 2.81. The van der Waals surface area contributed by atoms with Crippen LogP contribution in [0, 0.1) is 6.92 Å². The minimum absolute atomic E-state index is 0.0645. The zero-order chi connectivity index (χ0) is 21.2. The molecule has 0 radical (unpaired) electrons. The molecule has 0 unspecified atom stereocenters. The van der Waals surface area contributed by atoms with Crippen LogP contribution in [0.1, 0.15) is 5.69 Å². The second-order valence-electron chi connectivity index (χ2n) is 7.41. The standard InChI is InChI=1S/C27H21N3O/c1-19-23(20-11-5-2-6-12-20)17-24-25(31)18-26(29-21-13-7-3-8-14-21)30(27(24)28-19)22-15-9-4-10-16-22/h2-18,29H,1H3. The van der Waals surface area contributed by atoms with Crippen molar-refractivity contribution >= 4 is 22.5 Å². The van der Waals surface area contributed by atoms with Crippen LogP contribution in [0.4, 0.5) is 11.5 Å². The van der Waals surface area contributed by atoms with Crippen LogP contribution in [0.25, 0.3) is 27.8 Å². The molecule has 0 fully saturated rings. The van der Waals surface area contributed by atoms with Gasteiger partial charge in [0.15, 0.2) is 5.43 Å². The number of nitrogens with one attached hydrogen (secondary N) is 1. The van der Waals surface area contributed by atoms with Crippen molar-refractivity contribution in [3.05, 3.63) is 119 Å². The van der Waals surface area contributed by atoms with Crippen LogP contribution in [0.2, 0.25) is 0 Å². The van der Waals surface area contributed by atoms with E-state index in [1.54, 1.807) is 6.07 Å². The smallest absolute Gasteiger partial charge is 0.193 e. The number of fused-ring (bicyclic) bond motifs is 1. The van der Waals surface area contributed by atoms with Crippen LogP contribution in [0.5, 0.6) is 0 Å². The van der Waals surface area contributed by atoms with Crippen molar-refractivity contribution in [1.29, 1.82) is 0 Å². The minimum atomic E-state index is -0.0645. The average molecular weight is 403 g/mol. The Hall–Kier alpha value is -4.18. The van der Waals surface area contributed by atoms with E-state index in [9.17, 15) is 4.79 Å². The van der Waals surface area contributed by atoms with E-state index in [0.717, 1.165) is 28.2 Å². The SMILES string of the molecule is Cc1nc2c(cc1-c1ccccc1)c(=O)cc(Nc1ccccc1)n2-c1ccccc1. The maximum absolute atomic E-state index is 13.2. The van der Waals surface area contributed by atoms with Gasteiger partial charge in [0.2, 0.25) is 0 Å². The predicted octanol–water partition coefficient (Wildman–Crippen LogP) is 6.10. The number of pyridine rings is 2. The van der Waals surface area contributed by atoms with Gasteiger partial charge in [0.1, 0.15) is 11.5 Å². The van der Waals surface area contributed by atoms with Crippen LogP contribution in [-0.4, -0.2) is 9.55 Å². The van der Waals surface area contributed by atoms with Gasteiger partial charge in [-0.3, -0.25) is 9.36 Å². The first kappa shape index (κ1) is 18.8. The van der Waals surface area contributed by atoms with Crippen molar-refractivity contribution in [3.8, 4) is 16.8 Å². The van der Waals surface area contributed by atoms with E-state index in [1.165, 1.54) is 0 Å². The lowest BCUT2D eigenvalue weighted by Crippen LogP contribution is -2.14. The molecule has 0 aliphatic carbocycles. The van der Waals surface area contributed by atoms with Gasteiger partial charge < -0.3 is 5.32 Å². The normalized spacial score (nSPS) is 10.9. The number of hydrogen-bond donors (Lipinski definition) is 1. The summed E-state index contributed by atoms with van der Waals surface area (Å²) in [6, 6.07) is 33.5. The van der Waals surface area contributed by atoms with Gasteiger partial charge in [-0.05, 0) is 42.8 Å². The molecule has 4 nitrogen and oxygen atoms in total. The molecule has 0 amide bonds. The number of para-hydroxylation sites is 2. The zero-order valence-electron chi connectivity index (χ0n) is 17.1. The summed E-state index contributed by atoms with van der Waals surface area (Å²) in [5, 5.41) is 3.98. The summed E-state index contributed by atoms with van der Waals surface area (Å²) in [5.41, 5.74) is 5.30. The Bertz CT molecular complexity index is 1410. The van der Waals surface area contributed by atoms with E-state index in [0.29, 0.717) is 16.9 Å². The quantitative estimate of drug-likeness (QED) is 0.394. The number of hydrogen-bond acceptors (Lipinski definition) is 3. The molecule has 4 heteroatoms. The molecule has 2 aromatic heterocycles. The molecule has 3 aromatic carbocycles. The predicted molar refractivity (Wildman–Crippen MR) is 127 cm³/mol. The molecule has 2 heterocycles. The van der Waals surface area contributed by atoms with Crippen molar-refractivity contribution in [3.63, 3.8) is 0 Å². The van der Waals surface area contributed by atoms with Crippen LogP contribution in [-0.2, 0) is 0 Å². The van der Waals surface area contributed by atoms with E-state index < -0.39 is 0 Å². The first-order valence-corrected chi connectivity index (χ1v) is 10.2. The molecule has 31 heavy (non-hydrogen) atoms. The lowest BCUT2D eigenvalue weighted by molar-refractivity contribution is 1.05. The molecule has 1 N–H and O–H groups in total. The van der Waals surface area contributed by atoms with Gasteiger partial charge in [0.05, 0.1) is 5.39 Å². The topological polar surface area (TPSA) is 46.9 Å². The van der Waals surface area contributed by atoms with Crippen molar-refractivity contribution in [2.45, 2.75) is 6.92 Å². The van der Waals surface area contributed by atoms with E-state index in [2.05, 4.69) is 5.32 Å². The summed E-state index contributed by atoms with van der Waals surface area (Å²) in [4.78, 5) is 18.1. The Labute approximate surface area is 180 Å². The molecule has 0 aliphatic heterocycles. The highest BCUT2D eigenvalue weighted by molar-refractivity contribution is 5.86. The molecular formula is C27H21N3O. The molecule has 0 bridgehead atoms. The second kappa shape index (κ2) is 7.92. The van der Waals surface area contributed by atoms with E-state index in [4.69, 9.17) is 4.98 Å². The Morgan fingerprint density at radius 1 is 0.774 bits per heavy atom. The van der Waals surface area contributed by atoms with Crippen molar-refractivity contribution < 1.29 is 0 Å². The molecule has 0 atom stereocenters. The third-order valence-electron chi connectivity index (χ3n) is 5.32. The maximum atomic E-state index is 13.2. The van der Waals surface area contributed by atoms with Crippen molar-refractivity contribution in [2.75, 3.05) is 5.32 Å². The monoisotopic (exact) mass is 403 g/mol. The summed E-state index contributed by atoms with van der Waals surface area (Å²) in [5.74, 6) is 0.675. The fourth-order valence-electron chi connectivity index (χ4n) is 3.83. The zero-order valence-corrected chi connectivity index (χ0v) is 17.1. The molecule has 5 rings (SSSR count). The Morgan fingerprint density at radius 3 is 2.06 bits per heavy atom. The summed E-state index contributed by atoms with van der Waals surface area (Å²) < 4.78 is 2.01. The minimum Gasteiger partial charge on any atom is -0.341 e. The van der Waals surface area contributed by atoms with Crippen LogP contribution < -0.4 is 10.7 Å². The van der Waals surface area contributed by atoms with Gasteiger partial charge >= 0.3 is 0 Å². The largest absolute Gasteiger partial charge is 0.341 e. The number of benzene rings is 3. The van der Waals surface area contributed by atoms with Crippen LogP contribution >= 0.6 is 0 Å². The van der Waals surface area contributed by atoms with Gasteiger partial charge in [0, 0.05) is 28.7 Å². The summed E-state index contributed by atoms with van der Waals surface area (Å²) in [6.45, 7) is 1.99. The summed E-state index contributed by atoms with van der Waals surface area (Å²) in [6.07, 6.45) is 0. The van der Waals surface area contributed by atoms with Gasteiger partial charge in [-0.25, -0.2) is 4.98 Å². The first-order valence-electron chi connectivity index (χ1n) is 10.2. The number of anilines is 2. The molecule has 150 valence electrons. The fraction of sp³-hybridized carbons (Fsp3) is 0.0370. The van der Waals surface area contributed by atoms with Crippen molar-refractivity contribution in [1.82, 2.24) is 9.55 Å². The van der Waals surface area contributed by atoms with Gasteiger partial charge in [0.25, 0.3) is 0 Å². The van der Waals surface area contributed by atoms with Crippen molar-refractivity contribution in [2.24, 2.45) is 0 Å². The van der Waals surface area contributed by atoms with Crippen LogP contribution in [0.15, 0.2) is 108 Å². The van der Waals surface area contributed by atoms with E-state index in [1.807, 2.05) is 109 Å². The molecular weight excluding hydrogens is 382 g/mol. The van der Waals surface area contributed by atoms with Crippen LogP contribution in [0.3, 0.4) is 0 Å². The lowest BCUT2D eigenvalue weighted by Gasteiger charge is -2.19. The number of rotatable bonds is 4. The highest BCUT2D eigenvalue weighted by Gasteiger charge is 2.15. The highest BCUT2D eigenvalue weighted by atomic mass is 16.1. The maximum Gasteiger partial charge on any atom is 0.193 e. The third kappa shape index (κ3) is 3.60. The first-order chi connectivity index (χ1) is 15.2. The van der Waals surface area contributed by atoms with Gasteiger partial charge in [-0.1, -0.05) is 66.7 Å². The molecule has 0 saturated heterocycles. The Kier molecular flexibility index (Phi) is 4.81. The second-order valence-corrected chi connectivity index (χ2v) is 7.41. The molecule has 0 aliphatic rings. The summed E-state index contributed by atoms with van der Waals surface area (Å²) >= 11 is 0. The molecule has 0 saturated carbocycles. The fourth-order valence-corrected chi connectivity index (χ4v) is 3.83. The number of aromatic nitrogens is 2. The highest BCUT2D eigenvalue weighted by Crippen LogP contribution is 2.29. The molecule has 0 spiro atoms. The Morgan fingerprint density at radius 2 is 1.39 bits per heavy atom. The molecule has 5 aromatic rings. The van der Waals surface area contributed by atoms with E-state index in [-0.39, 0.29) is 5.43 Å². The van der Waals surface area contributed by atoms with Gasteiger partial charge in [-0.15, -0.1) is 0 Å². The summed E-state index contributed by atoms with van der Waals surface area (Å²) in [7, 11) is 0. The third-order valence-corrected chi connectivity index (χ3v) is 5.32. The van der Waals surface area contributed by atoms with E-state index >= 15 is 0 Å². The lowest BCUT2D eigenvalue weighted by atomic mass is 10.0.